The number of nitrogens with one attached hydrogen (secondary N) is 2. The molecule has 0 unspecified atom stereocenters. The largest absolute Gasteiger partial charge is 0.462 e. The molecular formula is C17H23F3N4O6. The Balaban J connectivity index is 1.56. The molecule has 168 valence electrons. The highest BCUT2D eigenvalue weighted by Gasteiger charge is 2.49. The number of hydrogen-bond donors (Lipinski definition) is 2. The van der Waals surface area contributed by atoms with Gasteiger partial charge < -0.3 is 15.0 Å². The van der Waals surface area contributed by atoms with E-state index < -0.39 is 61.3 Å². The van der Waals surface area contributed by atoms with Gasteiger partial charge >= 0.3 is 18.4 Å². The number of nitrogens with zero attached hydrogens (tertiary/aromatic N) is 2. The molecular weight excluding hydrogens is 413 g/mol. The van der Waals surface area contributed by atoms with Crippen molar-refractivity contribution in [3.8, 4) is 0 Å². The highest BCUT2D eigenvalue weighted by molar-refractivity contribution is 5.91. The maximum Gasteiger partial charge on any atom is 0.370 e. The molecule has 0 saturated carbocycles. The molecule has 0 aromatic heterocycles. The summed E-state index contributed by atoms with van der Waals surface area (Å²) < 4.78 is 44.7. The maximum absolute atomic E-state index is 13.9. The lowest BCUT2D eigenvalue weighted by molar-refractivity contribution is -0.223. The van der Waals surface area contributed by atoms with E-state index in [1.54, 1.807) is 13.0 Å². The Morgan fingerprint density at radius 2 is 2.17 bits per heavy atom. The zero-order chi connectivity index (χ0) is 22.1. The number of hydroxylamine groups is 3. The van der Waals surface area contributed by atoms with E-state index in [0.717, 1.165) is 4.90 Å². The summed E-state index contributed by atoms with van der Waals surface area (Å²) in [6.45, 7) is 2.43. The van der Waals surface area contributed by atoms with Gasteiger partial charge in [0, 0.05) is 12.5 Å². The number of carbonyl (C=O) groups is 3. The van der Waals surface area contributed by atoms with E-state index >= 15 is 0 Å². The highest BCUT2D eigenvalue weighted by atomic mass is 19.3. The van der Waals surface area contributed by atoms with Crippen molar-refractivity contribution < 1.29 is 42.0 Å². The predicted molar refractivity (Wildman–Crippen MR) is 93.3 cm³/mol. The van der Waals surface area contributed by atoms with Gasteiger partial charge in [0.2, 0.25) is 0 Å². The fraction of sp³-hybridized carbons (Fsp3) is 0.706. The summed E-state index contributed by atoms with van der Waals surface area (Å²) >= 11 is 0. The Hall–Kier alpha value is -2.38. The van der Waals surface area contributed by atoms with Gasteiger partial charge in [0.1, 0.15) is 6.04 Å². The van der Waals surface area contributed by atoms with Crippen LogP contribution in [0, 0.1) is 0 Å². The number of fused-ring (bicyclic) bond motifs is 2. The zero-order valence-electron chi connectivity index (χ0n) is 16.4. The van der Waals surface area contributed by atoms with E-state index in [0.29, 0.717) is 10.6 Å². The average molecular weight is 436 g/mol. The molecule has 2 N–H and O–H groups in total. The van der Waals surface area contributed by atoms with Crippen LogP contribution in [-0.4, -0.2) is 84.6 Å². The fourth-order valence-electron chi connectivity index (χ4n) is 3.61. The van der Waals surface area contributed by atoms with Crippen LogP contribution in [0.4, 0.5) is 18.0 Å². The fourth-order valence-corrected chi connectivity index (χ4v) is 3.61. The standard InChI is InChI=1S/C17H23F3N4O6/c1-3-28-15(26)13(18)30-24-11-4-9(2)12(23(6-11)16(24)27)14(25)22-29-7-10-5-17(19,20)8-21-10/h4,10-13,21H,3,5-8H2,1-2H3,(H,22,25)/t10-,11+,12-,13+/m0/s1. The molecule has 0 aromatic carbocycles. The number of urea groups is 1. The molecule has 3 amide bonds. The number of amides is 3. The van der Waals surface area contributed by atoms with Crippen molar-refractivity contribution in [3.63, 3.8) is 0 Å². The molecule has 2 bridgehead atoms. The highest BCUT2D eigenvalue weighted by Crippen LogP contribution is 2.30. The van der Waals surface area contributed by atoms with Crippen LogP contribution in [0.1, 0.15) is 20.3 Å². The lowest BCUT2D eigenvalue weighted by Gasteiger charge is -2.28. The van der Waals surface area contributed by atoms with Crippen LogP contribution in [0.25, 0.3) is 0 Å². The van der Waals surface area contributed by atoms with Crippen LogP contribution in [-0.2, 0) is 24.0 Å². The predicted octanol–water partition coefficient (Wildman–Crippen LogP) is 0.256. The third-order valence-electron chi connectivity index (χ3n) is 4.90. The van der Waals surface area contributed by atoms with Crippen LogP contribution >= 0.6 is 0 Å². The summed E-state index contributed by atoms with van der Waals surface area (Å²) in [4.78, 5) is 47.5. The maximum atomic E-state index is 13.9. The van der Waals surface area contributed by atoms with Gasteiger partial charge in [-0.25, -0.2) is 33.1 Å². The molecule has 2 fully saturated rings. The van der Waals surface area contributed by atoms with Gasteiger partial charge in [-0.1, -0.05) is 6.08 Å². The molecule has 13 heteroatoms. The van der Waals surface area contributed by atoms with E-state index in [1.807, 2.05) is 0 Å². The molecule has 10 nitrogen and oxygen atoms in total. The number of carbonyl (C=O) groups excluding carboxylic acids is 3. The third kappa shape index (κ3) is 4.68. The van der Waals surface area contributed by atoms with Crippen molar-refractivity contribution in [3.05, 3.63) is 11.6 Å². The van der Waals surface area contributed by atoms with Crippen molar-refractivity contribution in [1.29, 1.82) is 0 Å². The summed E-state index contributed by atoms with van der Waals surface area (Å²) in [5.41, 5.74) is 2.64. The summed E-state index contributed by atoms with van der Waals surface area (Å²) in [6.07, 6.45) is -1.35. The first-order valence-corrected chi connectivity index (χ1v) is 9.41. The monoisotopic (exact) mass is 436 g/mol. The Morgan fingerprint density at radius 1 is 1.43 bits per heavy atom. The van der Waals surface area contributed by atoms with Crippen LogP contribution in [0.3, 0.4) is 0 Å². The molecule has 0 radical (unpaired) electrons. The molecule has 0 aromatic rings. The number of halogens is 3. The van der Waals surface area contributed by atoms with E-state index in [2.05, 4.69) is 15.5 Å². The molecule has 4 atom stereocenters. The van der Waals surface area contributed by atoms with Crippen LogP contribution in [0.5, 0.6) is 0 Å². The SMILES string of the molecule is CCOC(=O)[C@H](F)ON1C(=O)N2C[C@H]1C=C(C)[C@H]2C(=O)NOC[C@@H]1CC(F)(F)CN1. The average Bonchev–Trinajstić information content (AvgIpc) is 3.13. The Kier molecular flexibility index (Phi) is 6.53. The quantitative estimate of drug-likeness (QED) is 0.319. The van der Waals surface area contributed by atoms with Crippen molar-refractivity contribution in [1.82, 2.24) is 20.8 Å². The second-order valence-electron chi connectivity index (χ2n) is 7.23. The van der Waals surface area contributed by atoms with Gasteiger partial charge in [-0.2, -0.15) is 5.06 Å². The summed E-state index contributed by atoms with van der Waals surface area (Å²) in [6, 6.07) is -3.17. The van der Waals surface area contributed by atoms with Gasteiger partial charge in [0.15, 0.2) is 0 Å². The molecule has 0 spiro atoms. The summed E-state index contributed by atoms with van der Waals surface area (Å²) in [5, 5.41) is 3.27. The minimum absolute atomic E-state index is 0.0280. The first kappa shape index (κ1) is 22.3. The number of hydrogen-bond acceptors (Lipinski definition) is 7. The third-order valence-corrected chi connectivity index (χ3v) is 4.90. The molecule has 3 aliphatic heterocycles. The van der Waals surface area contributed by atoms with Gasteiger partial charge in [0.25, 0.3) is 11.8 Å². The van der Waals surface area contributed by atoms with Gasteiger partial charge in [-0.15, -0.1) is 0 Å². The molecule has 3 heterocycles. The zero-order valence-corrected chi connectivity index (χ0v) is 16.4. The van der Waals surface area contributed by atoms with Crippen LogP contribution < -0.4 is 10.8 Å². The number of esters is 1. The normalized spacial score (nSPS) is 28.4. The van der Waals surface area contributed by atoms with Crippen molar-refractivity contribution >= 4 is 17.9 Å². The van der Waals surface area contributed by atoms with Crippen molar-refractivity contribution in [2.24, 2.45) is 0 Å². The topological polar surface area (TPSA) is 109 Å². The Labute approximate surface area is 170 Å². The first-order chi connectivity index (χ1) is 14.1. The summed E-state index contributed by atoms with van der Waals surface area (Å²) in [7, 11) is 0. The molecule has 3 rings (SSSR count). The van der Waals surface area contributed by atoms with Crippen molar-refractivity contribution in [2.45, 2.75) is 50.7 Å². The number of ether oxygens (including phenoxy) is 1. The lowest BCUT2D eigenvalue weighted by Crippen LogP contribution is -2.50. The van der Waals surface area contributed by atoms with Gasteiger partial charge in [0.05, 0.1) is 32.3 Å². The second-order valence-corrected chi connectivity index (χ2v) is 7.23. The number of rotatable bonds is 8. The first-order valence-electron chi connectivity index (χ1n) is 9.41. The van der Waals surface area contributed by atoms with E-state index in [-0.39, 0.29) is 19.8 Å². The number of alkyl halides is 3. The van der Waals surface area contributed by atoms with Crippen LogP contribution in [0.2, 0.25) is 0 Å². The van der Waals surface area contributed by atoms with Gasteiger partial charge in [-0.05, 0) is 19.4 Å². The molecule has 0 aliphatic carbocycles. The van der Waals surface area contributed by atoms with E-state index in [9.17, 15) is 27.6 Å². The van der Waals surface area contributed by atoms with Crippen molar-refractivity contribution in [2.75, 3.05) is 26.3 Å². The minimum Gasteiger partial charge on any atom is -0.462 e. The van der Waals surface area contributed by atoms with E-state index in [4.69, 9.17) is 9.68 Å². The Bertz CT molecular complexity index is 736. The van der Waals surface area contributed by atoms with Crippen LogP contribution in [0.15, 0.2) is 11.6 Å². The second kappa shape index (κ2) is 8.78. The molecule has 2 saturated heterocycles. The smallest absolute Gasteiger partial charge is 0.370 e. The summed E-state index contributed by atoms with van der Waals surface area (Å²) in [5.74, 6) is -4.78. The molecule has 30 heavy (non-hydrogen) atoms. The lowest BCUT2D eigenvalue weighted by atomic mass is 10.0. The Morgan fingerprint density at radius 3 is 2.80 bits per heavy atom. The minimum atomic E-state index is -2.82. The molecule has 3 aliphatic rings. The van der Waals surface area contributed by atoms with E-state index in [1.165, 1.54) is 6.92 Å². The van der Waals surface area contributed by atoms with Gasteiger partial charge in [-0.3, -0.25) is 9.63 Å².